The van der Waals surface area contributed by atoms with Crippen LogP contribution in [0.1, 0.15) is 19.8 Å². The molecule has 1 fully saturated rings. The van der Waals surface area contributed by atoms with Crippen LogP contribution in [0, 0.1) is 0 Å². The maximum atomic E-state index is 10.7. The fourth-order valence-corrected chi connectivity index (χ4v) is 2.42. The Morgan fingerprint density at radius 2 is 1.80 bits per heavy atom. The molecule has 1 aliphatic rings. The first-order valence-electron chi connectivity index (χ1n) is 6.01. The van der Waals surface area contributed by atoms with Gasteiger partial charge in [0.1, 0.15) is 24.4 Å². The van der Waals surface area contributed by atoms with Crippen LogP contribution in [0.2, 0.25) is 0 Å². The van der Waals surface area contributed by atoms with E-state index < -0.39 is 46.6 Å². The Morgan fingerprint density at radius 3 is 2.30 bits per heavy atom. The minimum Gasteiger partial charge on any atom is -0.748 e. The van der Waals surface area contributed by atoms with Gasteiger partial charge < -0.3 is 29.3 Å². The molecule has 8 nitrogen and oxygen atoms in total. The predicted molar refractivity (Wildman–Crippen MR) is 62.1 cm³/mol. The molecule has 114 valence electrons. The molecule has 0 amide bonds. The minimum absolute atomic E-state index is 0. The Hall–Kier alpha value is 0.710. The molecule has 3 N–H and O–H groups in total. The number of hydrogen-bond donors (Lipinski definition) is 3. The fourth-order valence-electron chi connectivity index (χ4n) is 1.74. The third kappa shape index (κ3) is 6.22. The van der Waals surface area contributed by atoms with Crippen LogP contribution in [0.3, 0.4) is 0 Å². The zero-order valence-electron chi connectivity index (χ0n) is 11.5. The molecule has 0 spiro atoms. The number of unbranched alkanes of at least 4 members (excludes halogenated alkanes) is 1. The van der Waals surface area contributed by atoms with Crippen LogP contribution in [0.5, 0.6) is 0 Å². The number of aliphatic hydroxyl groups excluding tert-OH is 3. The molecule has 1 rings (SSSR count). The number of hydrogen-bond acceptors (Lipinski definition) is 8. The van der Waals surface area contributed by atoms with Gasteiger partial charge in [-0.1, -0.05) is 13.3 Å². The van der Waals surface area contributed by atoms with Gasteiger partial charge in [-0.25, -0.2) is 8.42 Å². The average Bonchev–Trinajstić information content (AvgIpc) is 2.30. The summed E-state index contributed by atoms with van der Waals surface area (Å²) < 4.78 is 42.2. The maximum absolute atomic E-state index is 10.7. The van der Waals surface area contributed by atoms with Crippen molar-refractivity contribution in [2.45, 2.75) is 50.5 Å². The van der Waals surface area contributed by atoms with Gasteiger partial charge in [0, 0.05) is 6.61 Å². The van der Waals surface area contributed by atoms with Gasteiger partial charge in [0.15, 0.2) is 6.29 Å². The molecule has 10 heteroatoms. The van der Waals surface area contributed by atoms with E-state index in [9.17, 15) is 28.3 Å². The van der Waals surface area contributed by atoms with E-state index in [0.717, 1.165) is 6.42 Å². The maximum Gasteiger partial charge on any atom is 1.00 e. The van der Waals surface area contributed by atoms with Gasteiger partial charge in [-0.3, -0.25) is 0 Å². The summed E-state index contributed by atoms with van der Waals surface area (Å²) in [7, 11) is -4.63. The van der Waals surface area contributed by atoms with E-state index in [4.69, 9.17) is 9.47 Å². The van der Waals surface area contributed by atoms with Crippen molar-refractivity contribution < 1.29 is 67.3 Å². The van der Waals surface area contributed by atoms with Crippen LogP contribution in [-0.2, 0) is 19.6 Å². The molecule has 0 aromatic carbocycles. The smallest absolute Gasteiger partial charge is 0.748 e. The second-order valence-corrected chi connectivity index (χ2v) is 5.91. The Kier molecular flexibility index (Phi) is 9.30. The van der Waals surface area contributed by atoms with Gasteiger partial charge in [0.05, 0.1) is 15.9 Å². The molecule has 0 radical (unpaired) electrons. The largest absolute Gasteiger partial charge is 1.00 e. The van der Waals surface area contributed by atoms with Crippen molar-refractivity contribution in [3.63, 3.8) is 0 Å². The molecule has 0 aliphatic carbocycles. The quantitative estimate of drug-likeness (QED) is 0.252. The van der Waals surface area contributed by atoms with Crippen molar-refractivity contribution in [1.82, 2.24) is 0 Å². The van der Waals surface area contributed by atoms with Gasteiger partial charge in [-0.15, -0.1) is 0 Å². The first-order chi connectivity index (χ1) is 8.76. The van der Waals surface area contributed by atoms with Gasteiger partial charge >= 0.3 is 29.6 Å². The second-order valence-electron chi connectivity index (χ2n) is 4.46. The van der Waals surface area contributed by atoms with E-state index in [1.54, 1.807) is 0 Å². The van der Waals surface area contributed by atoms with Crippen molar-refractivity contribution in [3.8, 4) is 0 Å². The summed E-state index contributed by atoms with van der Waals surface area (Å²) in [4.78, 5) is 0. The molecule has 0 unspecified atom stereocenters. The molecule has 1 heterocycles. The zero-order valence-corrected chi connectivity index (χ0v) is 14.3. The van der Waals surface area contributed by atoms with Crippen molar-refractivity contribution in [2.75, 3.05) is 12.4 Å². The molecule has 1 saturated heterocycles. The average molecular weight is 322 g/mol. The minimum atomic E-state index is -4.63. The van der Waals surface area contributed by atoms with Crippen LogP contribution in [0.25, 0.3) is 0 Å². The van der Waals surface area contributed by atoms with Gasteiger partial charge in [-0.05, 0) is 6.42 Å². The Labute approximate surface area is 140 Å². The molecule has 0 saturated carbocycles. The van der Waals surface area contributed by atoms with E-state index in [1.807, 2.05) is 6.92 Å². The van der Waals surface area contributed by atoms with Crippen molar-refractivity contribution >= 4 is 10.1 Å². The van der Waals surface area contributed by atoms with Gasteiger partial charge in [-0.2, -0.15) is 0 Å². The number of rotatable bonds is 6. The van der Waals surface area contributed by atoms with Crippen LogP contribution in [0.4, 0.5) is 0 Å². The van der Waals surface area contributed by atoms with Crippen molar-refractivity contribution in [3.05, 3.63) is 0 Å². The first kappa shape index (κ1) is 20.7. The SMILES string of the molecule is CCCCO[C@@H]1O[C@H](CS(=O)(=O)[O-])[C@@H](O)[C@H](O)[C@H]1O.[Na+]. The molecule has 0 aromatic heterocycles. The molecule has 1 aliphatic heterocycles. The molecular weight excluding hydrogens is 303 g/mol. The summed E-state index contributed by atoms with van der Waals surface area (Å²) in [5.41, 5.74) is 0. The second kappa shape index (κ2) is 8.99. The molecule has 0 bridgehead atoms. The van der Waals surface area contributed by atoms with Crippen LogP contribution < -0.4 is 29.6 Å². The van der Waals surface area contributed by atoms with E-state index in [0.29, 0.717) is 6.42 Å². The topological polar surface area (TPSA) is 136 Å². The van der Waals surface area contributed by atoms with Crippen LogP contribution >= 0.6 is 0 Å². The Balaban J connectivity index is 0.00000361. The summed E-state index contributed by atoms with van der Waals surface area (Å²) in [6, 6.07) is 0. The third-order valence-corrected chi connectivity index (χ3v) is 3.55. The van der Waals surface area contributed by atoms with E-state index >= 15 is 0 Å². The summed E-state index contributed by atoms with van der Waals surface area (Å²) in [6.07, 6.45) is -5.96. The molecule has 0 aromatic rings. The van der Waals surface area contributed by atoms with E-state index in [2.05, 4.69) is 0 Å². The molecule has 5 atom stereocenters. The predicted octanol–water partition coefficient (Wildman–Crippen LogP) is -4.84. The van der Waals surface area contributed by atoms with Gasteiger partial charge in [0.25, 0.3) is 0 Å². The first-order valence-corrected chi connectivity index (χ1v) is 7.59. The standard InChI is InChI=1S/C10H20O8S.Na/c1-2-3-4-17-10-9(13)8(12)7(11)6(18-10)5-19(14,15)16;/h6-13H,2-5H2,1H3,(H,14,15,16);/q;+1/p-1/t6-,7-,8+,9-,10-;/m1./s1. The molecular formula is C10H19NaO8S. The Morgan fingerprint density at radius 1 is 1.20 bits per heavy atom. The normalized spacial score (nSPS) is 34.5. The fraction of sp³-hybridized carbons (Fsp3) is 1.00. The number of ether oxygens (including phenoxy) is 2. The van der Waals surface area contributed by atoms with E-state index in [1.165, 1.54) is 0 Å². The summed E-state index contributed by atoms with van der Waals surface area (Å²) in [5.74, 6) is -0.994. The number of aliphatic hydroxyl groups is 3. The Bertz CT molecular complexity index is 375. The van der Waals surface area contributed by atoms with Gasteiger partial charge in [0.2, 0.25) is 0 Å². The summed E-state index contributed by atoms with van der Waals surface area (Å²) >= 11 is 0. The summed E-state index contributed by atoms with van der Waals surface area (Å²) in [6.45, 7) is 2.17. The van der Waals surface area contributed by atoms with Crippen LogP contribution in [0.15, 0.2) is 0 Å². The van der Waals surface area contributed by atoms with Crippen LogP contribution in [-0.4, -0.2) is 71.4 Å². The zero-order chi connectivity index (χ0) is 14.6. The van der Waals surface area contributed by atoms with Crippen molar-refractivity contribution in [2.24, 2.45) is 0 Å². The third-order valence-electron chi connectivity index (χ3n) is 2.82. The van der Waals surface area contributed by atoms with Crippen molar-refractivity contribution in [1.29, 1.82) is 0 Å². The van der Waals surface area contributed by atoms with E-state index in [-0.39, 0.29) is 36.2 Å². The summed E-state index contributed by atoms with van der Waals surface area (Å²) in [5, 5.41) is 28.8. The monoisotopic (exact) mass is 322 g/mol. The molecule has 20 heavy (non-hydrogen) atoms.